The summed E-state index contributed by atoms with van der Waals surface area (Å²) in [6, 6.07) is 7.17. The molecule has 27 heavy (non-hydrogen) atoms. The molecule has 0 aliphatic heterocycles. The van der Waals surface area contributed by atoms with Crippen LogP contribution in [0.2, 0.25) is 0 Å². The maximum absolute atomic E-state index is 2.49. The van der Waals surface area contributed by atoms with Gasteiger partial charge in [-0.15, -0.1) is 0 Å². The van der Waals surface area contributed by atoms with Crippen molar-refractivity contribution in [2.75, 3.05) is 0 Å². The van der Waals surface area contributed by atoms with Gasteiger partial charge in [-0.05, 0) is 103 Å². The van der Waals surface area contributed by atoms with Crippen LogP contribution in [0.3, 0.4) is 0 Å². The monoisotopic (exact) mass is 364 g/mol. The van der Waals surface area contributed by atoms with E-state index >= 15 is 0 Å². The van der Waals surface area contributed by atoms with Gasteiger partial charge in [-0.25, -0.2) is 0 Å². The van der Waals surface area contributed by atoms with E-state index in [2.05, 4.69) is 94.4 Å². The third-order valence-electron chi connectivity index (χ3n) is 7.19. The summed E-state index contributed by atoms with van der Waals surface area (Å²) in [5, 5.41) is 0. The van der Waals surface area contributed by atoms with Crippen molar-refractivity contribution < 1.29 is 0 Å². The summed E-state index contributed by atoms with van der Waals surface area (Å²) < 4.78 is 0. The van der Waals surface area contributed by atoms with Crippen LogP contribution in [0.25, 0.3) is 0 Å². The summed E-state index contributed by atoms with van der Waals surface area (Å²) in [5.74, 6) is 0. The van der Waals surface area contributed by atoms with E-state index in [9.17, 15) is 0 Å². The molecular weight excluding hydrogens is 324 g/mol. The van der Waals surface area contributed by atoms with Crippen molar-refractivity contribution in [2.45, 2.75) is 99.8 Å². The number of hydrogen-bond donors (Lipinski definition) is 0. The molecule has 0 N–H and O–H groups in total. The average molecular weight is 365 g/mol. The molecule has 0 aliphatic carbocycles. The Bertz CT molecular complexity index is 818. The molecule has 0 atom stereocenters. The predicted molar refractivity (Wildman–Crippen MR) is 121 cm³/mol. The second-order valence-corrected chi connectivity index (χ2v) is 9.79. The van der Waals surface area contributed by atoms with Crippen LogP contribution in [-0.2, 0) is 10.8 Å². The Morgan fingerprint density at radius 2 is 1.19 bits per heavy atom. The van der Waals surface area contributed by atoms with Crippen LogP contribution in [0.5, 0.6) is 0 Å². The topological polar surface area (TPSA) is 0 Å². The van der Waals surface area contributed by atoms with Crippen LogP contribution in [-0.4, -0.2) is 0 Å². The lowest BCUT2D eigenvalue weighted by atomic mass is 9.69. The van der Waals surface area contributed by atoms with E-state index in [1.807, 2.05) is 0 Å². The summed E-state index contributed by atoms with van der Waals surface area (Å²) in [7, 11) is 0. The highest BCUT2D eigenvalue weighted by Crippen LogP contribution is 2.42. The standard InChI is InChI=1S/C27H40/c1-12-15-26(8,9)23-14-13-17(2)24(16-23)27(10,11)25-21(6)19(4)18(3)20(5)22(25)7/h13-14,16H,12,15H2,1-11H3. The van der Waals surface area contributed by atoms with Crippen LogP contribution in [0.15, 0.2) is 18.2 Å². The molecule has 0 aliphatic rings. The Morgan fingerprint density at radius 1 is 0.704 bits per heavy atom. The minimum atomic E-state index is -0.0141. The SMILES string of the molecule is CCCC(C)(C)c1ccc(C)c(C(C)(C)c2c(C)c(C)c(C)c(C)c2C)c1. The molecule has 0 unspecified atom stereocenters. The second kappa shape index (κ2) is 7.46. The van der Waals surface area contributed by atoms with Crippen molar-refractivity contribution in [1.29, 1.82) is 0 Å². The first-order chi connectivity index (χ1) is 12.4. The van der Waals surface area contributed by atoms with E-state index in [-0.39, 0.29) is 10.8 Å². The van der Waals surface area contributed by atoms with Crippen molar-refractivity contribution in [3.05, 3.63) is 68.3 Å². The zero-order valence-electron chi connectivity index (χ0n) is 19.6. The van der Waals surface area contributed by atoms with Gasteiger partial charge in [-0.3, -0.25) is 0 Å². The molecule has 0 fully saturated rings. The lowest BCUT2D eigenvalue weighted by molar-refractivity contribution is 0.471. The first-order valence-electron chi connectivity index (χ1n) is 10.5. The molecule has 0 heterocycles. The normalized spacial score (nSPS) is 12.6. The highest BCUT2D eigenvalue weighted by atomic mass is 14.4. The summed E-state index contributed by atoms with van der Waals surface area (Å²) >= 11 is 0. The van der Waals surface area contributed by atoms with Crippen LogP contribution in [0.1, 0.15) is 97.5 Å². The molecule has 2 aromatic rings. The van der Waals surface area contributed by atoms with Crippen molar-refractivity contribution in [1.82, 2.24) is 0 Å². The maximum atomic E-state index is 2.49. The van der Waals surface area contributed by atoms with Gasteiger partial charge in [0.1, 0.15) is 0 Å². The smallest absolute Gasteiger partial charge is 0.0154 e. The minimum Gasteiger partial charge on any atom is -0.0654 e. The van der Waals surface area contributed by atoms with Crippen molar-refractivity contribution in [3.63, 3.8) is 0 Å². The zero-order valence-corrected chi connectivity index (χ0v) is 19.6. The highest BCUT2D eigenvalue weighted by molar-refractivity contribution is 5.56. The Morgan fingerprint density at radius 3 is 1.67 bits per heavy atom. The van der Waals surface area contributed by atoms with Crippen LogP contribution >= 0.6 is 0 Å². The molecule has 0 nitrogen and oxygen atoms in total. The third kappa shape index (κ3) is 3.73. The van der Waals surface area contributed by atoms with E-state index in [1.54, 1.807) is 0 Å². The molecule has 2 aromatic carbocycles. The van der Waals surface area contributed by atoms with E-state index in [0.717, 1.165) is 0 Å². The Kier molecular flexibility index (Phi) is 6.00. The summed E-state index contributed by atoms with van der Waals surface area (Å²) in [5.41, 5.74) is 13.3. The van der Waals surface area contributed by atoms with E-state index in [1.165, 1.54) is 62.9 Å². The van der Waals surface area contributed by atoms with Gasteiger partial charge in [0.2, 0.25) is 0 Å². The fourth-order valence-corrected chi connectivity index (χ4v) is 5.06. The largest absolute Gasteiger partial charge is 0.0654 e. The average Bonchev–Trinajstić information content (AvgIpc) is 2.58. The minimum absolute atomic E-state index is 0.0141. The van der Waals surface area contributed by atoms with Gasteiger partial charge < -0.3 is 0 Å². The summed E-state index contributed by atoms with van der Waals surface area (Å²) in [6.07, 6.45) is 2.44. The van der Waals surface area contributed by atoms with E-state index < -0.39 is 0 Å². The first kappa shape index (κ1) is 21.7. The molecule has 0 radical (unpaired) electrons. The third-order valence-corrected chi connectivity index (χ3v) is 7.19. The van der Waals surface area contributed by atoms with Crippen molar-refractivity contribution in [3.8, 4) is 0 Å². The molecule has 0 saturated heterocycles. The molecule has 0 amide bonds. The van der Waals surface area contributed by atoms with Gasteiger partial charge in [0, 0.05) is 5.41 Å². The van der Waals surface area contributed by atoms with Crippen LogP contribution in [0, 0.1) is 41.5 Å². The molecule has 0 spiro atoms. The van der Waals surface area contributed by atoms with Crippen LogP contribution < -0.4 is 0 Å². The lowest BCUT2D eigenvalue weighted by Crippen LogP contribution is -2.26. The van der Waals surface area contributed by atoms with Gasteiger partial charge in [-0.2, -0.15) is 0 Å². The molecule has 0 aromatic heterocycles. The Labute approximate surface area is 168 Å². The van der Waals surface area contributed by atoms with Gasteiger partial charge in [0.05, 0.1) is 0 Å². The first-order valence-corrected chi connectivity index (χ1v) is 10.5. The quantitative estimate of drug-likeness (QED) is 0.505. The maximum Gasteiger partial charge on any atom is 0.0154 e. The molecular formula is C27H40. The van der Waals surface area contributed by atoms with Crippen LogP contribution in [0.4, 0.5) is 0 Å². The summed E-state index contributed by atoms with van der Waals surface area (Å²) in [4.78, 5) is 0. The molecule has 0 bridgehead atoms. The van der Waals surface area contributed by atoms with E-state index in [4.69, 9.17) is 0 Å². The molecule has 0 heteroatoms. The fourth-order valence-electron chi connectivity index (χ4n) is 5.06. The van der Waals surface area contributed by atoms with Gasteiger partial charge in [0.25, 0.3) is 0 Å². The zero-order chi connectivity index (χ0) is 20.7. The van der Waals surface area contributed by atoms with Gasteiger partial charge >= 0.3 is 0 Å². The molecule has 0 saturated carbocycles. The second-order valence-electron chi connectivity index (χ2n) is 9.79. The number of aryl methyl sites for hydroxylation is 1. The fraction of sp³-hybridized carbons (Fsp3) is 0.556. The Hall–Kier alpha value is -1.56. The molecule has 2 rings (SSSR count). The number of benzene rings is 2. The molecule has 148 valence electrons. The summed E-state index contributed by atoms with van der Waals surface area (Å²) in [6.45, 7) is 25.6. The van der Waals surface area contributed by atoms with Gasteiger partial charge in [0.15, 0.2) is 0 Å². The predicted octanol–water partition coefficient (Wildman–Crippen LogP) is 7.94. The number of rotatable bonds is 5. The highest BCUT2D eigenvalue weighted by Gasteiger charge is 2.31. The van der Waals surface area contributed by atoms with Crippen molar-refractivity contribution >= 4 is 0 Å². The van der Waals surface area contributed by atoms with Crippen molar-refractivity contribution in [2.24, 2.45) is 0 Å². The van der Waals surface area contributed by atoms with Gasteiger partial charge in [-0.1, -0.05) is 59.2 Å². The lowest BCUT2D eigenvalue weighted by Gasteiger charge is -2.35. The number of hydrogen-bond acceptors (Lipinski definition) is 0. The Balaban J connectivity index is 2.75. The van der Waals surface area contributed by atoms with E-state index in [0.29, 0.717) is 0 Å².